The molecule has 9 nitrogen and oxygen atoms in total. The SMILES string of the molecule is O=C(Nc1nc2n(n1)[C@@H](c1ccc(F)cc1)C=C(c1ccccc1)N2)c1cccc([N+](=O)[O-])c1. The molecule has 1 aliphatic rings. The van der Waals surface area contributed by atoms with Crippen molar-refractivity contribution in [1.29, 1.82) is 0 Å². The highest BCUT2D eigenvalue weighted by molar-refractivity contribution is 6.03. The molecular formula is C24H17FN6O3. The predicted molar refractivity (Wildman–Crippen MR) is 124 cm³/mol. The van der Waals surface area contributed by atoms with Crippen molar-refractivity contribution in [3.8, 4) is 0 Å². The van der Waals surface area contributed by atoms with E-state index in [2.05, 4.69) is 20.7 Å². The molecule has 0 saturated carbocycles. The van der Waals surface area contributed by atoms with Gasteiger partial charge in [-0.15, -0.1) is 5.10 Å². The normalized spacial score (nSPS) is 14.5. The number of nitrogens with one attached hydrogen (secondary N) is 2. The van der Waals surface area contributed by atoms with Gasteiger partial charge in [0.05, 0.1) is 4.92 Å². The zero-order valence-corrected chi connectivity index (χ0v) is 17.6. The standard InChI is InChI=1S/C24H17FN6O3/c25-18-11-9-16(10-12-18)21-14-20(15-5-2-1-3-6-15)26-24-28-23(29-30(21)24)27-22(32)17-7-4-8-19(13-17)31(33)34/h1-14,21H,(H2,26,27,28,29,32)/t21-/m1/s1. The Morgan fingerprint density at radius 2 is 1.82 bits per heavy atom. The Morgan fingerprint density at radius 1 is 1.06 bits per heavy atom. The van der Waals surface area contributed by atoms with Crippen LogP contribution < -0.4 is 10.6 Å². The molecule has 0 radical (unpaired) electrons. The minimum absolute atomic E-state index is 0.0221. The number of carbonyl (C=O) groups excluding carboxylic acids is 1. The van der Waals surface area contributed by atoms with Crippen LogP contribution in [0, 0.1) is 15.9 Å². The molecule has 10 heteroatoms. The first kappa shape index (κ1) is 21.0. The molecule has 5 rings (SSSR count). The Labute approximate surface area is 192 Å². The van der Waals surface area contributed by atoms with E-state index < -0.39 is 16.9 Å². The number of benzene rings is 3. The van der Waals surface area contributed by atoms with Gasteiger partial charge in [0.1, 0.15) is 11.9 Å². The Balaban J connectivity index is 1.49. The van der Waals surface area contributed by atoms with Gasteiger partial charge in [-0.1, -0.05) is 48.5 Å². The second-order valence-electron chi connectivity index (χ2n) is 7.53. The summed E-state index contributed by atoms with van der Waals surface area (Å²) in [6.45, 7) is 0. The third-order valence-corrected chi connectivity index (χ3v) is 5.31. The molecule has 1 aliphatic heterocycles. The lowest BCUT2D eigenvalue weighted by Gasteiger charge is -2.24. The smallest absolute Gasteiger partial charge is 0.270 e. The van der Waals surface area contributed by atoms with E-state index in [1.807, 2.05) is 36.4 Å². The fourth-order valence-corrected chi connectivity index (χ4v) is 3.66. The molecule has 168 valence electrons. The number of non-ortho nitro benzene ring substituents is 1. The summed E-state index contributed by atoms with van der Waals surface area (Å²) in [7, 11) is 0. The van der Waals surface area contributed by atoms with Gasteiger partial charge >= 0.3 is 0 Å². The molecule has 1 aromatic heterocycles. The van der Waals surface area contributed by atoms with Gasteiger partial charge in [-0.05, 0) is 35.4 Å². The monoisotopic (exact) mass is 456 g/mol. The average Bonchev–Trinajstić information content (AvgIpc) is 3.27. The van der Waals surface area contributed by atoms with Gasteiger partial charge in [0.15, 0.2) is 0 Å². The predicted octanol–water partition coefficient (Wildman–Crippen LogP) is 4.63. The number of anilines is 2. The number of fused-ring (bicyclic) bond motifs is 1. The van der Waals surface area contributed by atoms with E-state index in [1.54, 1.807) is 16.8 Å². The third kappa shape index (κ3) is 4.11. The second kappa shape index (κ2) is 8.58. The summed E-state index contributed by atoms with van der Waals surface area (Å²) in [5.74, 6) is -0.534. The van der Waals surface area contributed by atoms with Gasteiger partial charge in [0, 0.05) is 23.4 Å². The largest absolute Gasteiger partial charge is 0.324 e. The molecular weight excluding hydrogens is 439 g/mol. The number of nitro benzene ring substituents is 1. The van der Waals surface area contributed by atoms with Crippen LogP contribution in [-0.2, 0) is 0 Å². The Kier molecular flexibility index (Phi) is 5.30. The number of carbonyl (C=O) groups is 1. The molecule has 3 aromatic carbocycles. The summed E-state index contributed by atoms with van der Waals surface area (Å²) in [5.41, 5.74) is 2.39. The summed E-state index contributed by atoms with van der Waals surface area (Å²) in [6.07, 6.45) is 1.94. The van der Waals surface area contributed by atoms with E-state index in [4.69, 9.17) is 0 Å². The van der Waals surface area contributed by atoms with Crippen LogP contribution in [0.4, 0.5) is 22.0 Å². The Morgan fingerprint density at radius 3 is 2.56 bits per heavy atom. The van der Waals surface area contributed by atoms with E-state index in [1.165, 1.54) is 36.4 Å². The maximum absolute atomic E-state index is 13.5. The van der Waals surface area contributed by atoms with E-state index in [0.29, 0.717) is 5.95 Å². The van der Waals surface area contributed by atoms with E-state index in [-0.39, 0.29) is 23.0 Å². The second-order valence-corrected chi connectivity index (χ2v) is 7.53. The van der Waals surface area contributed by atoms with E-state index in [9.17, 15) is 19.3 Å². The number of hydrogen-bond donors (Lipinski definition) is 2. The molecule has 2 heterocycles. The van der Waals surface area contributed by atoms with Crippen molar-refractivity contribution in [2.45, 2.75) is 6.04 Å². The molecule has 0 aliphatic carbocycles. The van der Waals surface area contributed by atoms with Gasteiger partial charge in [-0.3, -0.25) is 20.2 Å². The van der Waals surface area contributed by atoms with E-state index in [0.717, 1.165) is 16.8 Å². The van der Waals surface area contributed by atoms with Crippen LogP contribution in [0.3, 0.4) is 0 Å². The van der Waals surface area contributed by atoms with Gasteiger partial charge in [0.25, 0.3) is 17.5 Å². The quantitative estimate of drug-likeness (QED) is 0.334. The summed E-state index contributed by atoms with van der Waals surface area (Å²) >= 11 is 0. The molecule has 0 fully saturated rings. The summed E-state index contributed by atoms with van der Waals surface area (Å²) in [6, 6.07) is 20.7. The van der Waals surface area contributed by atoms with Crippen LogP contribution in [-0.4, -0.2) is 25.6 Å². The highest BCUT2D eigenvalue weighted by atomic mass is 19.1. The molecule has 0 bridgehead atoms. The van der Waals surface area contributed by atoms with Crippen LogP contribution >= 0.6 is 0 Å². The molecule has 0 saturated heterocycles. The number of nitro groups is 1. The Hall–Kier alpha value is -4.86. The highest BCUT2D eigenvalue weighted by Crippen LogP contribution is 2.33. The fraction of sp³-hybridized carbons (Fsp3) is 0.0417. The van der Waals surface area contributed by atoms with Crippen LogP contribution in [0.2, 0.25) is 0 Å². The maximum Gasteiger partial charge on any atom is 0.270 e. The topological polar surface area (TPSA) is 115 Å². The lowest BCUT2D eigenvalue weighted by atomic mass is 10.0. The minimum atomic E-state index is -0.582. The first-order valence-electron chi connectivity index (χ1n) is 10.3. The van der Waals surface area contributed by atoms with Gasteiger partial charge < -0.3 is 5.32 Å². The lowest BCUT2D eigenvalue weighted by Crippen LogP contribution is -2.20. The van der Waals surface area contributed by atoms with Crippen molar-refractivity contribution >= 4 is 29.2 Å². The van der Waals surface area contributed by atoms with Crippen molar-refractivity contribution in [2.24, 2.45) is 0 Å². The number of amides is 1. The molecule has 1 amide bonds. The molecule has 0 spiro atoms. The van der Waals surface area contributed by atoms with Gasteiger partial charge in [0.2, 0.25) is 5.95 Å². The van der Waals surface area contributed by atoms with Crippen LogP contribution in [0.5, 0.6) is 0 Å². The molecule has 1 atom stereocenters. The maximum atomic E-state index is 13.5. The zero-order chi connectivity index (χ0) is 23.7. The lowest BCUT2D eigenvalue weighted by molar-refractivity contribution is -0.384. The van der Waals surface area contributed by atoms with Crippen molar-refractivity contribution in [1.82, 2.24) is 14.8 Å². The highest BCUT2D eigenvalue weighted by Gasteiger charge is 2.26. The minimum Gasteiger partial charge on any atom is -0.324 e. The molecule has 34 heavy (non-hydrogen) atoms. The first-order valence-corrected chi connectivity index (χ1v) is 10.3. The average molecular weight is 456 g/mol. The van der Waals surface area contributed by atoms with Crippen molar-refractivity contribution < 1.29 is 14.1 Å². The van der Waals surface area contributed by atoms with Gasteiger partial charge in [-0.25, -0.2) is 9.07 Å². The molecule has 0 unspecified atom stereocenters. The van der Waals surface area contributed by atoms with Gasteiger partial charge in [-0.2, -0.15) is 4.98 Å². The van der Waals surface area contributed by atoms with Crippen molar-refractivity contribution in [3.05, 3.63) is 118 Å². The van der Waals surface area contributed by atoms with Crippen molar-refractivity contribution in [2.75, 3.05) is 10.6 Å². The summed E-state index contributed by atoms with van der Waals surface area (Å²) in [4.78, 5) is 27.5. The zero-order valence-electron chi connectivity index (χ0n) is 17.6. The molecule has 2 N–H and O–H groups in total. The summed E-state index contributed by atoms with van der Waals surface area (Å²) in [5, 5.41) is 21.2. The number of nitrogens with zero attached hydrogens (tertiary/aromatic N) is 4. The number of halogens is 1. The Bertz CT molecular complexity index is 1420. The summed E-state index contributed by atoms with van der Waals surface area (Å²) < 4.78 is 15.1. The molecule has 4 aromatic rings. The third-order valence-electron chi connectivity index (χ3n) is 5.31. The first-order chi connectivity index (χ1) is 16.5. The number of hydrogen-bond acceptors (Lipinski definition) is 6. The van der Waals surface area contributed by atoms with Crippen LogP contribution in [0.15, 0.2) is 84.9 Å². The van der Waals surface area contributed by atoms with Crippen LogP contribution in [0.25, 0.3) is 5.70 Å². The number of allylic oxidation sites excluding steroid dienone is 1. The van der Waals surface area contributed by atoms with Crippen LogP contribution in [0.1, 0.15) is 27.5 Å². The number of rotatable bonds is 5. The van der Waals surface area contributed by atoms with Crippen molar-refractivity contribution in [3.63, 3.8) is 0 Å². The van der Waals surface area contributed by atoms with E-state index >= 15 is 0 Å². The number of aromatic nitrogens is 3. The fourth-order valence-electron chi connectivity index (χ4n) is 3.66.